The van der Waals surface area contributed by atoms with Crippen LogP contribution in [0.2, 0.25) is 0 Å². The Morgan fingerprint density at radius 3 is 1.80 bits per heavy atom. The van der Waals surface area contributed by atoms with Crippen LogP contribution in [0, 0.1) is 0 Å². The van der Waals surface area contributed by atoms with E-state index in [0.29, 0.717) is 6.42 Å². The van der Waals surface area contributed by atoms with E-state index in [2.05, 4.69) is 50.3 Å². The molecule has 0 saturated heterocycles. The molecule has 0 aromatic rings. The Bertz CT molecular complexity index is 1050. The van der Waals surface area contributed by atoms with E-state index in [1.807, 2.05) is 18.2 Å². The van der Waals surface area contributed by atoms with Gasteiger partial charge in [-0.25, -0.2) is 4.57 Å². The van der Waals surface area contributed by atoms with Gasteiger partial charge >= 0.3 is 13.8 Å². The molecule has 314 valence electrons. The standard InChI is InChI=1S/C43H78NO9P/c1-3-5-7-9-11-13-15-17-18-19-20-22-24-26-28-30-36-50-38-40(39-52-54(48,49)51-37-35-44)53-43(47)34-31-33-42(46)41(45)32-29-27-25-23-21-16-14-12-10-8-6-4-2/h12-15,21,23,27,29-30,36,40-42,45-46H,3-11,16-20,22,24-26,28,31-35,37-39,44H2,1-2H3,(H,48,49)/b14-12-,15-13-,23-21-,29-27-,36-30+/t40-,41?,42?/m1/s1. The number of rotatable bonds is 39. The van der Waals surface area contributed by atoms with Crippen molar-refractivity contribution in [2.45, 2.75) is 180 Å². The second-order valence-electron chi connectivity index (χ2n) is 13.9. The van der Waals surface area contributed by atoms with Crippen molar-refractivity contribution in [2.24, 2.45) is 5.73 Å². The van der Waals surface area contributed by atoms with Gasteiger partial charge in [-0.15, -0.1) is 0 Å². The smallest absolute Gasteiger partial charge is 0.472 e. The predicted molar refractivity (Wildman–Crippen MR) is 222 cm³/mol. The van der Waals surface area contributed by atoms with Crippen molar-refractivity contribution in [3.63, 3.8) is 0 Å². The van der Waals surface area contributed by atoms with E-state index < -0.39 is 38.7 Å². The third-order valence-electron chi connectivity index (χ3n) is 8.67. The molecule has 3 unspecified atom stereocenters. The zero-order chi connectivity index (χ0) is 39.8. The first kappa shape index (κ1) is 52.0. The van der Waals surface area contributed by atoms with Crippen LogP contribution in [0.25, 0.3) is 0 Å². The molecule has 0 aliphatic heterocycles. The van der Waals surface area contributed by atoms with E-state index in [-0.39, 0.29) is 39.0 Å². The number of phosphoric ester groups is 1. The van der Waals surface area contributed by atoms with E-state index in [9.17, 15) is 24.5 Å². The highest BCUT2D eigenvalue weighted by Crippen LogP contribution is 2.43. The van der Waals surface area contributed by atoms with Crippen molar-refractivity contribution < 1.29 is 43.0 Å². The summed E-state index contributed by atoms with van der Waals surface area (Å²) in [5.74, 6) is -0.575. The average Bonchev–Trinajstić information content (AvgIpc) is 3.15. The Labute approximate surface area is 329 Å². The third-order valence-corrected chi connectivity index (χ3v) is 9.66. The molecule has 0 aliphatic rings. The molecule has 11 heteroatoms. The minimum Gasteiger partial charge on any atom is -0.498 e. The number of phosphoric acid groups is 1. The molecule has 0 aromatic heterocycles. The van der Waals surface area contributed by atoms with E-state index in [1.54, 1.807) is 6.26 Å². The minimum atomic E-state index is -4.38. The van der Waals surface area contributed by atoms with E-state index >= 15 is 0 Å². The summed E-state index contributed by atoms with van der Waals surface area (Å²) in [5, 5.41) is 20.7. The molecule has 0 rings (SSSR count). The van der Waals surface area contributed by atoms with Gasteiger partial charge in [0.1, 0.15) is 6.61 Å². The average molecular weight is 784 g/mol. The molecule has 0 saturated carbocycles. The fourth-order valence-electron chi connectivity index (χ4n) is 5.41. The Hall–Kier alpha value is -2.04. The van der Waals surface area contributed by atoms with Crippen molar-refractivity contribution in [1.82, 2.24) is 0 Å². The summed E-state index contributed by atoms with van der Waals surface area (Å²) in [7, 11) is -4.38. The molecule has 0 aromatic carbocycles. The van der Waals surface area contributed by atoms with Gasteiger partial charge in [0, 0.05) is 13.0 Å². The van der Waals surface area contributed by atoms with Gasteiger partial charge in [0.15, 0.2) is 6.10 Å². The number of nitrogens with two attached hydrogens (primary N) is 1. The molecule has 0 amide bonds. The Balaban J connectivity index is 4.39. The van der Waals surface area contributed by atoms with Gasteiger partial charge < -0.3 is 30.3 Å². The first-order valence-electron chi connectivity index (χ1n) is 21.0. The topological polar surface area (TPSA) is 158 Å². The molecule has 0 radical (unpaired) electrons. The summed E-state index contributed by atoms with van der Waals surface area (Å²) in [6, 6.07) is 0. The lowest BCUT2D eigenvalue weighted by atomic mass is 10.0. The molecule has 10 nitrogen and oxygen atoms in total. The van der Waals surface area contributed by atoms with Crippen molar-refractivity contribution in [3.8, 4) is 0 Å². The number of aliphatic hydroxyl groups excluding tert-OH is 2. The zero-order valence-corrected chi connectivity index (χ0v) is 34.8. The maximum absolute atomic E-state index is 12.6. The van der Waals surface area contributed by atoms with Crippen LogP contribution in [-0.4, -0.2) is 65.8 Å². The summed E-state index contributed by atoms with van der Waals surface area (Å²) in [5.41, 5.74) is 5.34. The monoisotopic (exact) mass is 784 g/mol. The summed E-state index contributed by atoms with van der Waals surface area (Å²) in [6.07, 6.45) is 40.7. The molecule has 0 spiro atoms. The van der Waals surface area contributed by atoms with Gasteiger partial charge in [0.2, 0.25) is 0 Å². The molecule has 0 bridgehead atoms. The molecular weight excluding hydrogens is 705 g/mol. The number of unbranched alkanes of at least 4 members (excludes halogenated alkanes) is 14. The van der Waals surface area contributed by atoms with Gasteiger partial charge in [-0.1, -0.05) is 120 Å². The van der Waals surface area contributed by atoms with Gasteiger partial charge in [-0.05, 0) is 89.5 Å². The van der Waals surface area contributed by atoms with Gasteiger partial charge in [0.05, 0.1) is 31.7 Å². The van der Waals surface area contributed by atoms with E-state index in [0.717, 1.165) is 38.5 Å². The van der Waals surface area contributed by atoms with Crippen LogP contribution >= 0.6 is 7.82 Å². The highest BCUT2D eigenvalue weighted by atomic mass is 31.2. The maximum Gasteiger partial charge on any atom is 0.472 e. The SMILES string of the molecule is CCCCC/C=C\C/C=C\C/C=C\CC(O)C(O)CCCC(=O)O[C@H](CO/C=C/CCCCCCCC/C=C\CCCCCC)COP(=O)(O)OCCN. The molecule has 54 heavy (non-hydrogen) atoms. The fourth-order valence-corrected chi connectivity index (χ4v) is 6.18. The van der Waals surface area contributed by atoms with Crippen LogP contribution in [0.4, 0.5) is 0 Å². The maximum atomic E-state index is 12.6. The normalized spacial score (nSPS) is 15.2. The van der Waals surface area contributed by atoms with Crippen LogP contribution in [0.3, 0.4) is 0 Å². The number of ether oxygens (including phenoxy) is 2. The lowest BCUT2D eigenvalue weighted by Crippen LogP contribution is -2.28. The first-order chi connectivity index (χ1) is 26.3. The summed E-state index contributed by atoms with van der Waals surface area (Å²) < 4.78 is 32.9. The number of hydrogen-bond acceptors (Lipinski definition) is 9. The molecule has 0 heterocycles. The number of carbonyl (C=O) groups is 1. The summed E-state index contributed by atoms with van der Waals surface area (Å²) in [4.78, 5) is 22.5. The number of hydrogen-bond donors (Lipinski definition) is 4. The lowest BCUT2D eigenvalue weighted by Gasteiger charge is -2.20. The highest BCUT2D eigenvalue weighted by Gasteiger charge is 2.25. The molecule has 0 fully saturated rings. The van der Waals surface area contributed by atoms with Crippen molar-refractivity contribution in [3.05, 3.63) is 60.9 Å². The number of esters is 1. The Morgan fingerprint density at radius 2 is 1.17 bits per heavy atom. The number of allylic oxidation sites excluding steroid dienone is 8. The largest absolute Gasteiger partial charge is 0.498 e. The second-order valence-corrected chi connectivity index (χ2v) is 15.3. The fraction of sp³-hybridized carbons (Fsp3) is 0.744. The molecular formula is C43H78NO9P. The van der Waals surface area contributed by atoms with Crippen LogP contribution in [0.15, 0.2) is 60.9 Å². The van der Waals surface area contributed by atoms with Gasteiger partial charge in [0.25, 0.3) is 0 Å². The predicted octanol–water partition coefficient (Wildman–Crippen LogP) is 10.5. The molecule has 5 N–H and O–H groups in total. The van der Waals surface area contributed by atoms with E-state index in [1.165, 1.54) is 83.5 Å². The van der Waals surface area contributed by atoms with Crippen molar-refractivity contribution in [2.75, 3.05) is 26.4 Å². The van der Waals surface area contributed by atoms with Crippen LogP contribution in [-0.2, 0) is 27.9 Å². The highest BCUT2D eigenvalue weighted by molar-refractivity contribution is 7.47. The molecule has 4 atom stereocenters. The summed E-state index contributed by atoms with van der Waals surface area (Å²) in [6.45, 7) is 3.84. The third kappa shape index (κ3) is 36.9. The Morgan fingerprint density at radius 1 is 0.648 bits per heavy atom. The minimum absolute atomic E-state index is 0.0138. The Kier molecular flexibility index (Phi) is 37.7. The quantitative estimate of drug-likeness (QED) is 0.0155. The summed E-state index contributed by atoms with van der Waals surface area (Å²) >= 11 is 0. The molecule has 0 aliphatic carbocycles. The number of aliphatic hydroxyl groups is 2. The number of carbonyl (C=O) groups excluding carboxylic acids is 1. The van der Waals surface area contributed by atoms with Gasteiger partial charge in [-0.2, -0.15) is 0 Å². The van der Waals surface area contributed by atoms with Crippen molar-refractivity contribution in [1.29, 1.82) is 0 Å². The van der Waals surface area contributed by atoms with Crippen LogP contribution < -0.4 is 5.73 Å². The zero-order valence-electron chi connectivity index (χ0n) is 33.9. The van der Waals surface area contributed by atoms with Crippen LogP contribution in [0.5, 0.6) is 0 Å². The van der Waals surface area contributed by atoms with Crippen molar-refractivity contribution >= 4 is 13.8 Å². The first-order valence-corrected chi connectivity index (χ1v) is 22.5. The lowest BCUT2D eigenvalue weighted by molar-refractivity contribution is -0.153. The van der Waals surface area contributed by atoms with Gasteiger partial charge in [-0.3, -0.25) is 13.8 Å². The second kappa shape index (κ2) is 39.2. The van der Waals surface area contributed by atoms with Crippen LogP contribution in [0.1, 0.15) is 162 Å². The van der Waals surface area contributed by atoms with E-state index in [4.69, 9.17) is 24.3 Å².